The van der Waals surface area contributed by atoms with E-state index in [-0.39, 0.29) is 11.5 Å². The van der Waals surface area contributed by atoms with Gasteiger partial charge in [0.05, 0.1) is 10.9 Å². The van der Waals surface area contributed by atoms with Crippen LogP contribution in [0.15, 0.2) is 17.1 Å². The van der Waals surface area contributed by atoms with Crippen LogP contribution in [0.2, 0.25) is 0 Å². The third-order valence-corrected chi connectivity index (χ3v) is 5.91. The average Bonchev–Trinajstić information content (AvgIpc) is 2.91. The maximum atomic E-state index is 12.7. The number of aromatic nitrogens is 1. The molecule has 0 aromatic carbocycles. The van der Waals surface area contributed by atoms with Crippen molar-refractivity contribution in [3.8, 4) is 0 Å². The SMILES string of the molecule is CCn1ccc2sc(C)c(C(=O)NCC3CCCCC3)c2c1=O. The summed E-state index contributed by atoms with van der Waals surface area (Å²) in [5.74, 6) is 0.496. The molecular formula is C18H24N2O2S. The lowest BCUT2D eigenvalue weighted by Gasteiger charge is -2.21. The molecule has 0 unspecified atom stereocenters. The van der Waals surface area contributed by atoms with Crippen LogP contribution in [0, 0.1) is 12.8 Å². The first kappa shape index (κ1) is 16.2. The number of carbonyl (C=O) groups excluding carboxylic acids is 1. The minimum atomic E-state index is -0.0923. The van der Waals surface area contributed by atoms with Gasteiger partial charge in [-0.1, -0.05) is 19.3 Å². The van der Waals surface area contributed by atoms with E-state index in [4.69, 9.17) is 0 Å². The molecule has 2 aromatic heterocycles. The van der Waals surface area contributed by atoms with E-state index in [1.165, 1.54) is 43.4 Å². The van der Waals surface area contributed by atoms with Crippen molar-refractivity contribution in [1.29, 1.82) is 0 Å². The van der Waals surface area contributed by atoms with Crippen LogP contribution in [-0.2, 0) is 6.54 Å². The number of fused-ring (bicyclic) bond motifs is 1. The van der Waals surface area contributed by atoms with E-state index in [1.54, 1.807) is 4.57 Å². The quantitative estimate of drug-likeness (QED) is 0.928. The van der Waals surface area contributed by atoms with Crippen molar-refractivity contribution in [2.24, 2.45) is 5.92 Å². The summed E-state index contributed by atoms with van der Waals surface area (Å²) in [6.45, 7) is 5.21. The lowest BCUT2D eigenvalue weighted by Crippen LogP contribution is -2.31. The van der Waals surface area contributed by atoms with E-state index in [0.29, 0.717) is 23.4 Å². The van der Waals surface area contributed by atoms with Gasteiger partial charge in [-0.05, 0) is 38.7 Å². The number of amides is 1. The van der Waals surface area contributed by atoms with Crippen molar-refractivity contribution < 1.29 is 4.79 Å². The molecule has 1 fully saturated rings. The molecule has 0 radical (unpaired) electrons. The molecule has 1 aliphatic carbocycles. The van der Waals surface area contributed by atoms with Crippen LogP contribution in [0.3, 0.4) is 0 Å². The van der Waals surface area contributed by atoms with Gasteiger partial charge in [0.25, 0.3) is 11.5 Å². The van der Waals surface area contributed by atoms with Gasteiger partial charge in [-0.2, -0.15) is 0 Å². The monoisotopic (exact) mass is 332 g/mol. The van der Waals surface area contributed by atoms with Crippen LogP contribution in [0.1, 0.15) is 54.3 Å². The lowest BCUT2D eigenvalue weighted by atomic mass is 9.89. The lowest BCUT2D eigenvalue weighted by molar-refractivity contribution is 0.0945. The highest BCUT2D eigenvalue weighted by molar-refractivity contribution is 7.19. The minimum absolute atomic E-state index is 0.0582. The molecule has 1 saturated carbocycles. The Balaban J connectivity index is 1.87. The second kappa shape index (κ2) is 6.87. The van der Waals surface area contributed by atoms with Crippen LogP contribution in [0.4, 0.5) is 0 Å². The first-order chi connectivity index (χ1) is 11.1. The fourth-order valence-electron chi connectivity index (χ4n) is 3.50. The van der Waals surface area contributed by atoms with Crippen LogP contribution < -0.4 is 10.9 Å². The maximum absolute atomic E-state index is 12.7. The van der Waals surface area contributed by atoms with E-state index in [9.17, 15) is 9.59 Å². The number of aryl methyl sites for hydroxylation is 2. The van der Waals surface area contributed by atoms with Crippen LogP contribution >= 0.6 is 11.3 Å². The summed E-state index contributed by atoms with van der Waals surface area (Å²) in [5.41, 5.74) is 0.519. The van der Waals surface area contributed by atoms with E-state index < -0.39 is 0 Å². The zero-order valence-corrected chi connectivity index (χ0v) is 14.7. The highest BCUT2D eigenvalue weighted by Crippen LogP contribution is 2.28. The third-order valence-electron chi connectivity index (χ3n) is 4.84. The van der Waals surface area contributed by atoms with Crippen molar-refractivity contribution >= 4 is 27.3 Å². The summed E-state index contributed by atoms with van der Waals surface area (Å²) < 4.78 is 2.56. The Morgan fingerprint density at radius 1 is 1.35 bits per heavy atom. The first-order valence-electron chi connectivity index (χ1n) is 8.52. The smallest absolute Gasteiger partial charge is 0.260 e. The molecule has 0 aliphatic heterocycles. The van der Waals surface area contributed by atoms with Gasteiger partial charge in [0.1, 0.15) is 0 Å². The zero-order valence-electron chi connectivity index (χ0n) is 13.9. The van der Waals surface area contributed by atoms with Crippen LogP contribution in [-0.4, -0.2) is 17.0 Å². The van der Waals surface area contributed by atoms with Crippen LogP contribution in [0.5, 0.6) is 0 Å². The highest BCUT2D eigenvalue weighted by Gasteiger charge is 2.21. The van der Waals surface area contributed by atoms with Crippen molar-refractivity contribution in [3.05, 3.63) is 33.1 Å². The highest BCUT2D eigenvalue weighted by atomic mass is 32.1. The van der Waals surface area contributed by atoms with Crippen molar-refractivity contribution in [1.82, 2.24) is 9.88 Å². The third kappa shape index (κ3) is 3.20. The zero-order chi connectivity index (χ0) is 16.4. The number of pyridine rings is 1. The fraction of sp³-hybridized carbons (Fsp3) is 0.556. The Morgan fingerprint density at radius 3 is 2.78 bits per heavy atom. The summed E-state index contributed by atoms with van der Waals surface area (Å²) in [6, 6.07) is 1.94. The Bertz CT molecular complexity index is 769. The summed E-state index contributed by atoms with van der Waals surface area (Å²) in [7, 11) is 0. The van der Waals surface area contributed by atoms with Crippen molar-refractivity contribution in [3.63, 3.8) is 0 Å². The minimum Gasteiger partial charge on any atom is -0.352 e. The number of hydrogen-bond donors (Lipinski definition) is 1. The number of nitrogens with zero attached hydrogens (tertiary/aromatic N) is 1. The van der Waals surface area contributed by atoms with Gasteiger partial charge < -0.3 is 9.88 Å². The van der Waals surface area contributed by atoms with Gasteiger partial charge >= 0.3 is 0 Å². The molecule has 124 valence electrons. The Morgan fingerprint density at radius 2 is 2.09 bits per heavy atom. The van der Waals surface area contributed by atoms with Gasteiger partial charge in [-0.3, -0.25) is 9.59 Å². The summed E-state index contributed by atoms with van der Waals surface area (Å²) >= 11 is 1.53. The molecule has 1 amide bonds. The molecule has 5 heteroatoms. The molecule has 0 atom stereocenters. The van der Waals surface area contributed by atoms with Gasteiger partial charge in [-0.15, -0.1) is 11.3 Å². The Kier molecular flexibility index (Phi) is 4.85. The van der Waals surface area contributed by atoms with E-state index in [0.717, 1.165) is 16.1 Å². The Labute approximate surface area is 140 Å². The largest absolute Gasteiger partial charge is 0.352 e. The number of nitrogens with one attached hydrogen (secondary N) is 1. The summed E-state index contributed by atoms with van der Waals surface area (Å²) in [6.07, 6.45) is 8.06. The predicted octanol–water partition coefficient (Wildman–Crippen LogP) is 3.70. The average molecular weight is 332 g/mol. The molecule has 2 aromatic rings. The molecule has 0 bridgehead atoms. The van der Waals surface area contributed by atoms with E-state index in [1.807, 2.05) is 26.1 Å². The summed E-state index contributed by atoms with van der Waals surface area (Å²) in [4.78, 5) is 26.2. The number of carbonyl (C=O) groups is 1. The molecule has 23 heavy (non-hydrogen) atoms. The van der Waals surface area contributed by atoms with Gasteiger partial charge in [0.15, 0.2) is 0 Å². The second-order valence-electron chi connectivity index (χ2n) is 6.39. The van der Waals surface area contributed by atoms with Gasteiger partial charge in [-0.25, -0.2) is 0 Å². The molecule has 1 aliphatic rings. The van der Waals surface area contributed by atoms with Gasteiger partial charge in [0.2, 0.25) is 0 Å². The summed E-state index contributed by atoms with van der Waals surface area (Å²) in [5, 5.41) is 3.65. The topological polar surface area (TPSA) is 51.1 Å². The molecule has 1 N–H and O–H groups in total. The predicted molar refractivity (Wildman–Crippen MR) is 95.4 cm³/mol. The Hall–Kier alpha value is -1.62. The van der Waals surface area contributed by atoms with E-state index >= 15 is 0 Å². The molecule has 0 saturated heterocycles. The normalized spacial score (nSPS) is 15.9. The molecule has 3 rings (SSSR count). The second-order valence-corrected chi connectivity index (χ2v) is 7.65. The number of thiophene rings is 1. The van der Waals surface area contributed by atoms with Crippen LogP contribution in [0.25, 0.3) is 10.1 Å². The number of hydrogen-bond acceptors (Lipinski definition) is 3. The fourth-order valence-corrected chi connectivity index (χ4v) is 4.55. The van der Waals surface area contributed by atoms with Gasteiger partial charge in [0, 0.05) is 28.9 Å². The standard InChI is InChI=1S/C18H24N2O2S/c1-3-20-10-9-14-16(18(20)22)15(12(2)23-14)17(21)19-11-13-7-5-4-6-8-13/h9-10,13H,3-8,11H2,1-2H3,(H,19,21). The van der Waals surface area contributed by atoms with E-state index in [2.05, 4.69) is 5.32 Å². The van der Waals surface area contributed by atoms with Crippen molar-refractivity contribution in [2.75, 3.05) is 6.54 Å². The molecular weight excluding hydrogens is 308 g/mol. The molecule has 0 spiro atoms. The molecule has 4 nitrogen and oxygen atoms in total. The van der Waals surface area contributed by atoms with Crippen molar-refractivity contribution in [2.45, 2.75) is 52.5 Å². The maximum Gasteiger partial charge on any atom is 0.260 e. The first-order valence-corrected chi connectivity index (χ1v) is 9.34. The number of rotatable bonds is 4. The molecule has 2 heterocycles.